The molecule has 3 aromatic rings. The summed E-state index contributed by atoms with van der Waals surface area (Å²) in [4.78, 5) is 45.1. The van der Waals surface area contributed by atoms with E-state index in [-0.39, 0.29) is 48.1 Å². The highest BCUT2D eigenvalue weighted by atomic mass is 19.1. The smallest absolute Gasteiger partial charge is 0.261 e. The van der Waals surface area contributed by atoms with Crippen LogP contribution in [0.3, 0.4) is 0 Å². The Labute approximate surface area is 209 Å². The summed E-state index contributed by atoms with van der Waals surface area (Å²) in [7, 11) is 0. The standard InChI is InChI=1S/C28H31FN4O3/c1-18-6-7-19(16-23(18)29)17-30-27(35)20-12-14-32(15-13-20)26(34)11-10-25-31-24-5-3-2-4-22(24)28(36)33(25)21-8-9-21/h2-7,16,20-21H,8-15,17H2,1H3,(H,30,35). The summed E-state index contributed by atoms with van der Waals surface area (Å²) in [6, 6.07) is 12.5. The van der Waals surface area contributed by atoms with Crippen molar-refractivity contribution in [1.29, 1.82) is 0 Å². The Balaban J connectivity index is 1.14. The van der Waals surface area contributed by atoms with Gasteiger partial charge in [-0.15, -0.1) is 0 Å². The van der Waals surface area contributed by atoms with Gasteiger partial charge in [0.05, 0.1) is 10.9 Å². The van der Waals surface area contributed by atoms with E-state index in [1.165, 1.54) is 6.07 Å². The van der Waals surface area contributed by atoms with E-state index in [9.17, 15) is 18.8 Å². The van der Waals surface area contributed by atoms with E-state index in [4.69, 9.17) is 4.98 Å². The zero-order valence-electron chi connectivity index (χ0n) is 20.5. The number of halogens is 1. The van der Waals surface area contributed by atoms with E-state index in [2.05, 4.69) is 5.32 Å². The lowest BCUT2D eigenvalue weighted by Crippen LogP contribution is -2.43. The molecule has 1 saturated heterocycles. The van der Waals surface area contributed by atoms with E-state index in [0.717, 1.165) is 18.4 Å². The maximum absolute atomic E-state index is 13.7. The summed E-state index contributed by atoms with van der Waals surface area (Å²) in [5.41, 5.74) is 1.95. The third-order valence-electron chi connectivity index (χ3n) is 7.28. The van der Waals surface area contributed by atoms with E-state index < -0.39 is 0 Å². The van der Waals surface area contributed by atoms with Gasteiger partial charge < -0.3 is 10.2 Å². The predicted octanol–water partition coefficient (Wildman–Crippen LogP) is 3.67. The number of fused-ring (bicyclic) bond motifs is 1. The molecule has 2 fully saturated rings. The summed E-state index contributed by atoms with van der Waals surface area (Å²) in [6.07, 6.45) is 3.84. The molecule has 5 rings (SSSR count). The van der Waals surface area contributed by atoms with E-state index in [1.54, 1.807) is 28.5 Å². The maximum atomic E-state index is 13.7. The monoisotopic (exact) mass is 490 g/mol. The number of amides is 2. The number of rotatable bonds is 7. The fraction of sp³-hybridized carbons (Fsp3) is 0.429. The van der Waals surface area contributed by atoms with Gasteiger partial charge in [-0.3, -0.25) is 19.0 Å². The van der Waals surface area contributed by atoms with Gasteiger partial charge in [-0.25, -0.2) is 9.37 Å². The average Bonchev–Trinajstić information content (AvgIpc) is 3.73. The Morgan fingerprint density at radius 1 is 1.08 bits per heavy atom. The van der Waals surface area contributed by atoms with Gasteiger partial charge in [-0.2, -0.15) is 0 Å². The zero-order chi connectivity index (χ0) is 25.2. The van der Waals surface area contributed by atoms with Crippen LogP contribution in [-0.2, 0) is 22.6 Å². The van der Waals surface area contributed by atoms with Gasteiger partial charge in [0.2, 0.25) is 11.8 Å². The number of hydrogen-bond donors (Lipinski definition) is 1. The number of para-hydroxylation sites is 1. The zero-order valence-corrected chi connectivity index (χ0v) is 20.5. The SMILES string of the molecule is Cc1ccc(CNC(=O)C2CCN(C(=O)CCc3nc4ccccc4c(=O)n3C3CC3)CC2)cc1F. The molecular formula is C28H31FN4O3. The van der Waals surface area contributed by atoms with Crippen LogP contribution in [0.1, 0.15) is 55.1 Å². The van der Waals surface area contributed by atoms with Crippen molar-refractivity contribution in [3.05, 3.63) is 75.6 Å². The molecule has 2 heterocycles. The molecule has 2 amide bonds. The number of aromatic nitrogens is 2. The molecule has 0 atom stereocenters. The van der Waals surface area contributed by atoms with Crippen LogP contribution in [0.15, 0.2) is 47.3 Å². The molecule has 0 radical (unpaired) electrons. The lowest BCUT2D eigenvalue weighted by atomic mass is 9.95. The van der Waals surface area contributed by atoms with Crippen LogP contribution in [0.5, 0.6) is 0 Å². The number of carbonyl (C=O) groups is 2. The van der Waals surface area contributed by atoms with Crippen molar-refractivity contribution in [2.45, 2.75) is 58.0 Å². The summed E-state index contributed by atoms with van der Waals surface area (Å²) in [5, 5.41) is 3.52. The summed E-state index contributed by atoms with van der Waals surface area (Å²) >= 11 is 0. The third kappa shape index (κ3) is 5.17. The minimum Gasteiger partial charge on any atom is -0.352 e. The van der Waals surface area contributed by atoms with Crippen molar-refractivity contribution in [1.82, 2.24) is 19.8 Å². The van der Waals surface area contributed by atoms with E-state index >= 15 is 0 Å². The molecule has 0 bridgehead atoms. The number of aryl methyl sites for hydroxylation is 2. The molecule has 1 saturated carbocycles. The van der Waals surface area contributed by atoms with Crippen molar-refractivity contribution in [2.75, 3.05) is 13.1 Å². The normalized spacial score (nSPS) is 16.3. The maximum Gasteiger partial charge on any atom is 0.261 e. The Morgan fingerprint density at radius 2 is 1.83 bits per heavy atom. The minimum absolute atomic E-state index is 0.0220. The van der Waals surface area contributed by atoms with E-state index in [0.29, 0.717) is 54.6 Å². The predicted molar refractivity (Wildman–Crippen MR) is 135 cm³/mol. The minimum atomic E-state index is -0.276. The molecule has 1 aromatic heterocycles. The molecule has 2 aromatic carbocycles. The fourth-order valence-electron chi connectivity index (χ4n) is 4.93. The van der Waals surface area contributed by atoms with Gasteiger partial charge in [0.1, 0.15) is 11.6 Å². The molecule has 1 N–H and O–H groups in total. The van der Waals surface area contributed by atoms with Crippen LogP contribution < -0.4 is 10.9 Å². The lowest BCUT2D eigenvalue weighted by Gasteiger charge is -2.31. The van der Waals surface area contributed by atoms with Crippen molar-refractivity contribution >= 4 is 22.7 Å². The molecule has 8 heteroatoms. The number of carbonyl (C=O) groups excluding carboxylic acids is 2. The second kappa shape index (κ2) is 10.2. The van der Waals surface area contributed by atoms with Gasteiger partial charge in [0.25, 0.3) is 5.56 Å². The number of hydrogen-bond acceptors (Lipinski definition) is 4. The van der Waals surface area contributed by atoms with Crippen molar-refractivity contribution in [3.8, 4) is 0 Å². The first-order chi connectivity index (χ1) is 17.4. The van der Waals surface area contributed by atoms with Crippen molar-refractivity contribution < 1.29 is 14.0 Å². The quantitative estimate of drug-likeness (QED) is 0.548. The number of piperidine rings is 1. The molecule has 1 aliphatic heterocycles. The molecule has 188 valence electrons. The first kappa shape index (κ1) is 24.2. The largest absolute Gasteiger partial charge is 0.352 e. The van der Waals surface area contributed by atoms with Crippen molar-refractivity contribution in [3.63, 3.8) is 0 Å². The summed E-state index contributed by atoms with van der Waals surface area (Å²) in [6.45, 7) is 3.04. The van der Waals surface area contributed by atoms with Crippen LogP contribution in [0.4, 0.5) is 4.39 Å². The fourth-order valence-corrected chi connectivity index (χ4v) is 4.93. The Kier molecular flexibility index (Phi) is 6.85. The van der Waals surface area contributed by atoms with Gasteiger partial charge in [-0.1, -0.05) is 24.3 Å². The van der Waals surface area contributed by atoms with Gasteiger partial charge >= 0.3 is 0 Å². The van der Waals surface area contributed by atoms with Crippen LogP contribution in [0.2, 0.25) is 0 Å². The van der Waals surface area contributed by atoms with Crippen LogP contribution in [0, 0.1) is 18.7 Å². The molecule has 7 nitrogen and oxygen atoms in total. The molecule has 0 spiro atoms. The average molecular weight is 491 g/mol. The second-order valence-corrected chi connectivity index (χ2v) is 9.91. The van der Waals surface area contributed by atoms with Gasteiger partial charge in [0, 0.05) is 44.4 Å². The first-order valence-corrected chi connectivity index (χ1v) is 12.7. The number of likely N-dealkylation sites (tertiary alicyclic amines) is 1. The van der Waals surface area contributed by atoms with Crippen LogP contribution >= 0.6 is 0 Å². The summed E-state index contributed by atoms with van der Waals surface area (Å²) < 4.78 is 15.5. The second-order valence-electron chi connectivity index (χ2n) is 9.91. The van der Waals surface area contributed by atoms with Crippen LogP contribution in [-0.4, -0.2) is 39.4 Å². The Hall–Kier alpha value is -3.55. The first-order valence-electron chi connectivity index (χ1n) is 12.7. The van der Waals surface area contributed by atoms with E-state index in [1.807, 2.05) is 24.3 Å². The summed E-state index contributed by atoms with van der Waals surface area (Å²) in [5.74, 6) is 0.204. The van der Waals surface area contributed by atoms with Gasteiger partial charge in [0.15, 0.2) is 0 Å². The Morgan fingerprint density at radius 3 is 2.56 bits per heavy atom. The molecule has 2 aliphatic rings. The third-order valence-corrected chi connectivity index (χ3v) is 7.28. The Bertz CT molecular complexity index is 1360. The van der Waals surface area contributed by atoms with Gasteiger partial charge in [-0.05, 0) is 61.9 Å². The number of nitrogens with one attached hydrogen (secondary N) is 1. The molecular weight excluding hydrogens is 459 g/mol. The molecule has 0 unspecified atom stereocenters. The lowest BCUT2D eigenvalue weighted by molar-refractivity contribution is -0.135. The molecule has 36 heavy (non-hydrogen) atoms. The highest BCUT2D eigenvalue weighted by Crippen LogP contribution is 2.35. The highest BCUT2D eigenvalue weighted by molar-refractivity contribution is 5.80. The molecule has 1 aliphatic carbocycles. The van der Waals surface area contributed by atoms with Crippen molar-refractivity contribution in [2.24, 2.45) is 5.92 Å². The van der Waals surface area contributed by atoms with Crippen LogP contribution in [0.25, 0.3) is 10.9 Å². The highest BCUT2D eigenvalue weighted by Gasteiger charge is 2.30. The topological polar surface area (TPSA) is 84.3 Å². The number of nitrogens with zero attached hydrogens (tertiary/aromatic N) is 3. The number of benzene rings is 2.